The quantitative estimate of drug-likeness (QED) is 0.908. The number of benzene rings is 1. The van der Waals surface area contributed by atoms with Gasteiger partial charge in [0.05, 0.1) is 5.52 Å². The molecule has 0 radical (unpaired) electrons. The van der Waals surface area contributed by atoms with E-state index in [1.165, 1.54) is 17.4 Å². The molecule has 0 bridgehead atoms. The molecule has 0 unspecified atom stereocenters. The normalized spacial score (nSPS) is 19.9. The molecule has 0 aliphatic carbocycles. The zero-order valence-electron chi connectivity index (χ0n) is 12.4. The van der Waals surface area contributed by atoms with Gasteiger partial charge in [0.25, 0.3) is 0 Å². The lowest BCUT2D eigenvalue weighted by Gasteiger charge is -2.30. The summed E-state index contributed by atoms with van der Waals surface area (Å²) in [5.41, 5.74) is 2.67. The summed E-state index contributed by atoms with van der Waals surface area (Å²) >= 11 is 0. The van der Waals surface area contributed by atoms with Crippen LogP contribution in [0.5, 0.6) is 0 Å². The maximum atomic E-state index is 4.56. The van der Waals surface area contributed by atoms with Crippen molar-refractivity contribution >= 4 is 10.9 Å². The van der Waals surface area contributed by atoms with Gasteiger partial charge in [0.15, 0.2) is 0 Å². The first-order chi connectivity index (χ1) is 9.64. The van der Waals surface area contributed by atoms with E-state index in [0.29, 0.717) is 0 Å². The molecule has 1 N–H and O–H groups in total. The van der Waals surface area contributed by atoms with E-state index in [1.54, 1.807) is 0 Å². The fourth-order valence-electron chi connectivity index (χ4n) is 3.09. The zero-order valence-corrected chi connectivity index (χ0v) is 12.4. The van der Waals surface area contributed by atoms with E-state index < -0.39 is 0 Å². The molecule has 2 heterocycles. The second kappa shape index (κ2) is 5.51. The number of fused-ring (bicyclic) bond motifs is 1. The molecular weight excluding hydrogens is 246 g/mol. The van der Waals surface area contributed by atoms with Crippen molar-refractivity contribution in [1.82, 2.24) is 15.2 Å². The molecular formula is C17H23N3. The lowest BCUT2D eigenvalue weighted by atomic mass is 10.0. The minimum absolute atomic E-state index is 0.189. The number of rotatable bonds is 2. The third-order valence-electron chi connectivity index (χ3n) is 3.98. The summed E-state index contributed by atoms with van der Waals surface area (Å²) in [5.74, 6) is 0. The van der Waals surface area contributed by atoms with E-state index in [2.05, 4.69) is 53.3 Å². The molecule has 3 heteroatoms. The molecule has 0 atom stereocenters. The van der Waals surface area contributed by atoms with Crippen LogP contribution in [0, 0.1) is 0 Å². The van der Waals surface area contributed by atoms with Gasteiger partial charge >= 0.3 is 0 Å². The predicted molar refractivity (Wildman–Crippen MR) is 83.7 cm³/mol. The molecule has 1 aliphatic heterocycles. The van der Waals surface area contributed by atoms with Crippen LogP contribution in [-0.4, -0.2) is 35.1 Å². The van der Waals surface area contributed by atoms with E-state index in [1.807, 2.05) is 12.3 Å². The predicted octanol–water partition coefficient (Wildman–Crippen LogP) is 2.81. The van der Waals surface area contributed by atoms with E-state index in [4.69, 9.17) is 0 Å². The molecule has 3 nitrogen and oxygen atoms in total. The second-order valence-electron chi connectivity index (χ2n) is 6.37. The van der Waals surface area contributed by atoms with Crippen LogP contribution >= 0.6 is 0 Å². The molecule has 1 aromatic heterocycles. The summed E-state index contributed by atoms with van der Waals surface area (Å²) in [6.07, 6.45) is 3.10. The molecule has 0 amide bonds. The highest BCUT2D eigenvalue weighted by Crippen LogP contribution is 2.19. The van der Waals surface area contributed by atoms with E-state index in [0.717, 1.165) is 31.7 Å². The minimum Gasteiger partial charge on any atom is -0.310 e. The molecule has 0 saturated carbocycles. The van der Waals surface area contributed by atoms with Gasteiger partial charge in [0, 0.05) is 30.2 Å². The first-order valence-corrected chi connectivity index (χ1v) is 7.44. The number of aromatic nitrogens is 1. The average molecular weight is 269 g/mol. The zero-order chi connectivity index (χ0) is 14.0. The highest BCUT2D eigenvalue weighted by molar-refractivity contribution is 5.81. The molecule has 1 aliphatic rings. The van der Waals surface area contributed by atoms with Crippen molar-refractivity contribution in [3.8, 4) is 0 Å². The van der Waals surface area contributed by atoms with Crippen LogP contribution in [0.15, 0.2) is 36.5 Å². The standard InChI is InChI=1S/C17H23N3/c1-17(2)13-20(11-5-10-19-17)12-15-7-3-6-14-8-4-9-18-16(14)15/h3-4,6-9,19H,5,10-13H2,1-2H3. The fraction of sp³-hybridized carbons (Fsp3) is 0.471. The monoisotopic (exact) mass is 269 g/mol. The number of pyridine rings is 1. The van der Waals surface area contributed by atoms with Crippen molar-refractivity contribution in [3.63, 3.8) is 0 Å². The fourth-order valence-corrected chi connectivity index (χ4v) is 3.09. The van der Waals surface area contributed by atoms with Gasteiger partial charge in [-0.15, -0.1) is 0 Å². The molecule has 1 fully saturated rings. The maximum absolute atomic E-state index is 4.56. The first-order valence-electron chi connectivity index (χ1n) is 7.44. The Balaban J connectivity index is 1.85. The molecule has 1 saturated heterocycles. The summed E-state index contributed by atoms with van der Waals surface area (Å²) in [4.78, 5) is 7.11. The number of hydrogen-bond acceptors (Lipinski definition) is 3. The number of nitrogens with one attached hydrogen (secondary N) is 1. The second-order valence-corrected chi connectivity index (χ2v) is 6.37. The smallest absolute Gasteiger partial charge is 0.0746 e. The third-order valence-corrected chi connectivity index (χ3v) is 3.98. The SMILES string of the molecule is CC1(C)CN(Cc2cccc3cccnc23)CCCN1. The van der Waals surface area contributed by atoms with Crippen molar-refractivity contribution in [2.24, 2.45) is 0 Å². The molecule has 3 rings (SSSR count). The van der Waals surface area contributed by atoms with Crippen LogP contribution in [-0.2, 0) is 6.54 Å². The summed E-state index contributed by atoms with van der Waals surface area (Å²) in [6, 6.07) is 10.6. The van der Waals surface area contributed by atoms with Crippen LogP contribution in [0.1, 0.15) is 25.8 Å². The van der Waals surface area contributed by atoms with Gasteiger partial charge < -0.3 is 5.32 Å². The van der Waals surface area contributed by atoms with Gasteiger partial charge in [-0.3, -0.25) is 9.88 Å². The van der Waals surface area contributed by atoms with Gasteiger partial charge in [-0.25, -0.2) is 0 Å². The van der Waals surface area contributed by atoms with Crippen molar-refractivity contribution in [2.75, 3.05) is 19.6 Å². The van der Waals surface area contributed by atoms with E-state index >= 15 is 0 Å². The van der Waals surface area contributed by atoms with E-state index in [9.17, 15) is 0 Å². The van der Waals surface area contributed by atoms with Crippen molar-refractivity contribution in [3.05, 3.63) is 42.1 Å². The third kappa shape index (κ3) is 3.00. The maximum Gasteiger partial charge on any atom is 0.0746 e. The number of nitrogens with zero attached hydrogens (tertiary/aromatic N) is 2. The average Bonchev–Trinajstić information content (AvgIpc) is 2.60. The Morgan fingerprint density at radius 1 is 1.25 bits per heavy atom. The molecule has 0 spiro atoms. The highest BCUT2D eigenvalue weighted by Gasteiger charge is 2.24. The van der Waals surface area contributed by atoms with Gasteiger partial charge in [-0.2, -0.15) is 0 Å². The van der Waals surface area contributed by atoms with Gasteiger partial charge in [-0.05, 0) is 45.0 Å². The van der Waals surface area contributed by atoms with Gasteiger partial charge in [0.2, 0.25) is 0 Å². The molecule has 20 heavy (non-hydrogen) atoms. The van der Waals surface area contributed by atoms with Crippen molar-refractivity contribution in [2.45, 2.75) is 32.4 Å². The van der Waals surface area contributed by atoms with Gasteiger partial charge in [-0.1, -0.05) is 24.3 Å². The Morgan fingerprint density at radius 3 is 3.00 bits per heavy atom. The number of para-hydroxylation sites is 1. The van der Waals surface area contributed by atoms with Crippen molar-refractivity contribution in [1.29, 1.82) is 0 Å². The summed E-state index contributed by atoms with van der Waals surface area (Å²) < 4.78 is 0. The lowest BCUT2D eigenvalue weighted by Crippen LogP contribution is -2.46. The highest BCUT2D eigenvalue weighted by atomic mass is 15.2. The van der Waals surface area contributed by atoms with E-state index in [-0.39, 0.29) is 5.54 Å². The largest absolute Gasteiger partial charge is 0.310 e. The van der Waals surface area contributed by atoms with Gasteiger partial charge in [0.1, 0.15) is 0 Å². The van der Waals surface area contributed by atoms with Crippen LogP contribution in [0.2, 0.25) is 0 Å². The van der Waals surface area contributed by atoms with Crippen LogP contribution in [0.4, 0.5) is 0 Å². The Morgan fingerprint density at radius 2 is 2.10 bits per heavy atom. The Kier molecular flexibility index (Phi) is 3.72. The Bertz CT molecular complexity index is 586. The van der Waals surface area contributed by atoms with Crippen molar-refractivity contribution < 1.29 is 0 Å². The lowest BCUT2D eigenvalue weighted by molar-refractivity contribution is 0.224. The Labute approximate surface area is 121 Å². The molecule has 1 aromatic carbocycles. The van der Waals surface area contributed by atoms with Crippen LogP contribution < -0.4 is 5.32 Å². The molecule has 106 valence electrons. The minimum atomic E-state index is 0.189. The first kappa shape index (κ1) is 13.5. The summed E-state index contributed by atoms with van der Waals surface area (Å²) in [6.45, 7) is 8.89. The molecule has 2 aromatic rings. The number of hydrogen-bond donors (Lipinski definition) is 1. The van der Waals surface area contributed by atoms with Crippen LogP contribution in [0.25, 0.3) is 10.9 Å². The summed E-state index contributed by atoms with van der Waals surface area (Å²) in [7, 11) is 0. The van der Waals surface area contributed by atoms with Crippen LogP contribution in [0.3, 0.4) is 0 Å². The topological polar surface area (TPSA) is 28.2 Å². The summed E-state index contributed by atoms with van der Waals surface area (Å²) in [5, 5.41) is 4.85. The Hall–Kier alpha value is -1.45.